The SMILES string of the molecule is CC1(C)OC[C@]2(CN[C@H](C(=O)O)C2)O1. The zero-order chi connectivity index (χ0) is 10.4. The number of nitrogens with one attached hydrogen (secondary N) is 1. The summed E-state index contributed by atoms with van der Waals surface area (Å²) in [5, 5.41) is 11.8. The first-order valence-electron chi connectivity index (χ1n) is 4.73. The fraction of sp³-hybridized carbons (Fsp3) is 0.889. The van der Waals surface area contributed by atoms with Crippen LogP contribution in [0.5, 0.6) is 0 Å². The first-order chi connectivity index (χ1) is 6.43. The van der Waals surface area contributed by atoms with E-state index in [-0.39, 0.29) is 0 Å². The van der Waals surface area contributed by atoms with Gasteiger partial charge in [-0.05, 0) is 13.8 Å². The average molecular weight is 201 g/mol. The zero-order valence-electron chi connectivity index (χ0n) is 8.37. The third-order valence-electron chi connectivity index (χ3n) is 2.69. The van der Waals surface area contributed by atoms with Gasteiger partial charge in [-0.25, -0.2) is 0 Å². The second-order valence-electron chi connectivity index (χ2n) is 4.45. The van der Waals surface area contributed by atoms with Gasteiger partial charge in [-0.2, -0.15) is 0 Å². The van der Waals surface area contributed by atoms with Gasteiger partial charge in [-0.3, -0.25) is 4.79 Å². The molecule has 0 radical (unpaired) electrons. The number of ether oxygens (including phenoxy) is 2. The van der Waals surface area contributed by atoms with Gasteiger partial charge in [0, 0.05) is 13.0 Å². The molecule has 0 unspecified atom stereocenters. The molecule has 2 rings (SSSR count). The standard InChI is InChI=1S/C9H15NO4/c1-8(2)13-5-9(14-8)3-6(7(11)12)10-4-9/h6,10H,3-5H2,1-2H3,(H,11,12)/t6-,9-/m0/s1. The number of carbonyl (C=O) groups is 1. The Bertz CT molecular complexity index is 266. The van der Waals surface area contributed by atoms with Crippen LogP contribution in [0.15, 0.2) is 0 Å². The monoisotopic (exact) mass is 201 g/mol. The quantitative estimate of drug-likeness (QED) is 0.622. The molecule has 5 nitrogen and oxygen atoms in total. The van der Waals surface area contributed by atoms with Crippen LogP contribution in [0.1, 0.15) is 20.3 Å². The molecular formula is C9H15NO4. The molecule has 0 aromatic rings. The van der Waals surface area contributed by atoms with E-state index < -0.39 is 23.4 Å². The van der Waals surface area contributed by atoms with Crippen LogP contribution in [-0.2, 0) is 14.3 Å². The molecule has 80 valence electrons. The molecular weight excluding hydrogens is 186 g/mol. The molecule has 2 saturated heterocycles. The second-order valence-corrected chi connectivity index (χ2v) is 4.45. The third-order valence-corrected chi connectivity index (χ3v) is 2.69. The van der Waals surface area contributed by atoms with E-state index in [1.807, 2.05) is 13.8 Å². The van der Waals surface area contributed by atoms with E-state index in [2.05, 4.69) is 5.32 Å². The molecule has 2 atom stereocenters. The van der Waals surface area contributed by atoms with Crippen molar-refractivity contribution in [3.8, 4) is 0 Å². The Morgan fingerprint density at radius 1 is 1.57 bits per heavy atom. The molecule has 2 heterocycles. The van der Waals surface area contributed by atoms with Gasteiger partial charge in [0.2, 0.25) is 0 Å². The number of carboxylic acids is 1. The summed E-state index contributed by atoms with van der Waals surface area (Å²) in [4.78, 5) is 10.7. The molecule has 0 aromatic carbocycles. The van der Waals surface area contributed by atoms with Crippen LogP contribution in [0.2, 0.25) is 0 Å². The first-order valence-corrected chi connectivity index (χ1v) is 4.73. The van der Waals surface area contributed by atoms with Crippen LogP contribution in [0.3, 0.4) is 0 Å². The van der Waals surface area contributed by atoms with Crippen LogP contribution >= 0.6 is 0 Å². The fourth-order valence-electron chi connectivity index (χ4n) is 2.07. The van der Waals surface area contributed by atoms with Crippen molar-refractivity contribution in [2.45, 2.75) is 37.7 Å². The largest absolute Gasteiger partial charge is 0.480 e. The molecule has 0 amide bonds. The third kappa shape index (κ3) is 1.63. The lowest BCUT2D eigenvalue weighted by atomic mass is 10.0. The minimum Gasteiger partial charge on any atom is -0.480 e. The fourth-order valence-corrected chi connectivity index (χ4v) is 2.07. The molecule has 0 aromatic heterocycles. The number of carboxylic acid groups (broad SMARTS) is 1. The maximum absolute atomic E-state index is 10.7. The maximum Gasteiger partial charge on any atom is 0.320 e. The smallest absolute Gasteiger partial charge is 0.320 e. The second kappa shape index (κ2) is 2.92. The Balaban J connectivity index is 2.04. The summed E-state index contributed by atoms with van der Waals surface area (Å²) >= 11 is 0. The Labute approximate surface area is 82.4 Å². The van der Waals surface area contributed by atoms with Crippen molar-refractivity contribution in [2.24, 2.45) is 0 Å². The van der Waals surface area contributed by atoms with Gasteiger partial charge in [-0.15, -0.1) is 0 Å². The maximum atomic E-state index is 10.7. The van der Waals surface area contributed by atoms with Crippen molar-refractivity contribution in [3.63, 3.8) is 0 Å². The highest BCUT2D eigenvalue weighted by Gasteiger charge is 2.51. The summed E-state index contributed by atoms with van der Waals surface area (Å²) < 4.78 is 11.2. The zero-order valence-corrected chi connectivity index (χ0v) is 8.37. The summed E-state index contributed by atoms with van der Waals surface area (Å²) in [7, 11) is 0. The summed E-state index contributed by atoms with van der Waals surface area (Å²) in [6, 6.07) is -0.507. The molecule has 14 heavy (non-hydrogen) atoms. The van der Waals surface area contributed by atoms with Gasteiger partial charge < -0.3 is 19.9 Å². The minimum atomic E-state index is -0.824. The summed E-state index contributed by atoms with van der Waals surface area (Å²) in [6.45, 7) is 4.70. The lowest BCUT2D eigenvalue weighted by molar-refractivity contribution is -0.158. The van der Waals surface area contributed by atoms with Gasteiger partial charge in [0.05, 0.1) is 6.61 Å². The van der Waals surface area contributed by atoms with Crippen molar-refractivity contribution in [1.29, 1.82) is 0 Å². The molecule has 1 spiro atoms. The van der Waals surface area contributed by atoms with Crippen molar-refractivity contribution in [1.82, 2.24) is 5.32 Å². The Hall–Kier alpha value is -0.650. The van der Waals surface area contributed by atoms with Crippen LogP contribution in [0, 0.1) is 0 Å². The normalized spacial score (nSPS) is 40.6. The lowest BCUT2D eigenvalue weighted by Gasteiger charge is -2.23. The van der Waals surface area contributed by atoms with Gasteiger partial charge in [0.15, 0.2) is 5.79 Å². The number of hydrogen-bond acceptors (Lipinski definition) is 4. The Kier molecular flexibility index (Phi) is 2.06. The highest BCUT2D eigenvalue weighted by atomic mass is 16.8. The highest BCUT2D eigenvalue weighted by molar-refractivity contribution is 5.74. The summed E-state index contributed by atoms with van der Waals surface area (Å²) in [5.41, 5.74) is -0.438. The first kappa shape index (κ1) is 9.89. The molecule has 5 heteroatoms. The van der Waals surface area contributed by atoms with E-state index >= 15 is 0 Å². The van der Waals surface area contributed by atoms with Crippen molar-refractivity contribution < 1.29 is 19.4 Å². The molecule has 2 aliphatic rings. The molecule has 0 aliphatic carbocycles. The van der Waals surface area contributed by atoms with Crippen LogP contribution < -0.4 is 5.32 Å². The predicted molar refractivity (Wildman–Crippen MR) is 47.9 cm³/mol. The Morgan fingerprint density at radius 3 is 2.71 bits per heavy atom. The number of aliphatic carboxylic acids is 1. The van der Waals surface area contributed by atoms with E-state index in [0.717, 1.165) is 0 Å². The van der Waals surface area contributed by atoms with Gasteiger partial charge >= 0.3 is 5.97 Å². The van der Waals surface area contributed by atoms with Crippen LogP contribution in [0.25, 0.3) is 0 Å². The van der Waals surface area contributed by atoms with E-state index in [4.69, 9.17) is 14.6 Å². The minimum absolute atomic E-state index is 0.438. The van der Waals surface area contributed by atoms with E-state index in [9.17, 15) is 4.79 Å². The molecule has 0 bridgehead atoms. The summed E-state index contributed by atoms with van der Waals surface area (Å²) in [5.74, 6) is -1.41. The highest BCUT2D eigenvalue weighted by Crippen LogP contribution is 2.36. The van der Waals surface area contributed by atoms with Crippen LogP contribution in [0.4, 0.5) is 0 Å². The van der Waals surface area contributed by atoms with E-state index in [0.29, 0.717) is 19.6 Å². The average Bonchev–Trinajstić information content (AvgIpc) is 2.58. The predicted octanol–water partition coefficient (Wildman–Crippen LogP) is -0.0454. The van der Waals surface area contributed by atoms with Gasteiger partial charge in [-0.1, -0.05) is 0 Å². The van der Waals surface area contributed by atoms with E-state index in [1.165, 1.54) is 0 Å². The van der Waals surface area contributed by atoms with Crippen molar-refractivity contribution in [3.05, 3.63) is 0 Å². The topological polar surface area (TPSA) is 67.8 Å². The molecule has 2 N–H and O–H groups in total. The van der Waals surface area contributed by atoms with E-state index in [1.54, 1.807) is 0 Å². The van der Waals surface area contributed by atoms with Gasteiger partial charge in [0.25, 0.3) is 0 Å². The molecule has 0 saturated carbocycles. The molecule has 2 fully saturated rings. The lowest BCUT2D eigenvalue weighted by Crippen LogP contribution is -2.36. The Morgan fingerprint density at radius 2 is 2.29 bits per heavy atom. The number of hydrogen-bond donors (Lipinski definition) is 2. The van der Waals surface area contributed by atoms with Crippen LogP contribution in [-0.4, -0.2) is 41.7 Å². The summed E-state index contributed by atoms with van der Waals surface area (Å²) in [6.07, 6.45) is 0.478. The molecule has 2 aliphatic heterocycles. The van der Waals surface area contributed by atoms with Crippen molar-refractivity contribution >= 4 is 5.97 Å². The van der Waals surface area contributed by atoms with Crippen molar-refractivity contribution in [2.75, 3.05) is 13.2 Å². The van der Waals surface area contributed by atoms with Gasteiger partial charge in [0.1, 0.15) is 11.6 Å². The number of rotatable bonds is 1.